The van der Waals surface area contributed by atoms with E-state index in [2.05, 4.69) is 9.62 Å². The van der Waals surface area contributed by atoms with Crippen LogP contribution in [0.4, 0.5) is 0 Å². The van der Waals surface area contributed by atoms with E-state index in [1.165, 1.54) is 38.6 Å². The summed E-state index contributed by atoms with van der Waals surface area (Å²) in [5.74, 6) is 1.48. The summed E-state index contributed by atoms with van der Waals surface area (Å²) >= 11 is 0. The van der Waals surface area contributed by atoms with Crippen molar-refractivity contribution in [1.82, 2.24) is 9.62 Å². The highest BCUT2D eigenvalue weighted by atomic mass is 32.2. The van der Waals surface area contributed by atoms with Crippen molar-refractivity contribution in [3.63, 3.8) is 0 Å². The van der Waals surface area contributed by atoms with Crippen molar-refractivity contribution >= 4 is 10.0 Å². The molecule has 1 N–H and O–H groups in total. The van der Waals surface area contributed by atoms with E-state index in [9.17, 15) is 8.42 Å². The third-order valence-corrected chi connectivity index (χ3v) is 7.38. The number of nitrogens with zero attached hydrogens (tertiary/aromatic N) is 1. The molecular weight excluding hydrogens is 376 g/mol. The van der Waals surface area contributed by atoms with Gasteiger partial charge >= 0.3 is 0 Å². The Kier molecular flexibility index (Phi) is 8.14. The second-order valence-corrected chi connectivity index (χ2v) is 9.73. The van der Waals surface area contributed by atoms with Gasteiger partial charge in [-0.15, -0.1) is 0 Å². The predicted octanol–water partition coefficient (Wildman–Crippen LogP) is 3.03. The molecule has 1 heterocycles. The van der Waals surface area contributed by atoms with Gasteiger partial charge in [0.05, 0.1) is 11.5 Å². The molecule has 1 aliphatic heterocycles. The first-order chi connectivity index (χ1) is 13.6. The van der Waals surface area contributed by atoms with Gasteiger partial charge < -0.3 is 14.4 Å². The lowest BCUT2D eigenvalue weighted by molar-refractivity contribution is 0.146. The fraction of sp³-hybridized carbons (Fsp3) is 0.714. The molecule has 0 aromatic heterocycles. The number of hydrogen-bond acceptors (Lipinski definition) is 5. The Morgan fingerprint density at radius 1 is 1.00 bits per heavy atom. The number of likely N-dealkylation sites (tertiary alicyclic amines) is 1. The maximum absolute atomic E-state index is 12.7. The van der Waals surface area contributed by atoms with Gasteiger partial charge in [0, 0.05) is 19.7 Å². The summed E-state index contributed by atoms with van der Waals surface area (Å²) in [5, 5.41) is 0. The molecule has 0 amide bonds. The Balaban J connectivity index is 1.45. The molecule has 1 saturated carbocycles. The summed E-state index contributed by atoms with van der Waals surface area (Å²) in [4.78, 5) is 2.81. The van der Waals surface area contributed by atoms with Crippen LogP contribution in [0.25, 0.3) is 0 Å². The Bertz CT molecular complexity index is 679. The van der Waals surface area contributed by atoms with Gasteiger partial charge in [-0.2, -0.15) is 0 Å². The van der Waals surface area contributed by atoms with Crippen molar-refractivity contribution in [3.8, 4) is 5.75 Å². The number of hydrogen-bond donors (Lipinski definition) is 1. The molecule has 1 saturated heterocycles. The Morgan fingerprint density at radius 2 is 1.68 bits per heavy atom. The first-order valence-electron chi connectivity index (χ1n) is 10.5. The van der Waals surface area contributed by atoms with Crippen molar-refractivity contribution in [2.24, 2.45) is 5.92 Å². The molecule has 0 atom stereocenters. The first-order valence-corrected chi connectivity index (χ1v) is 12.0. The molecule has 0 unspecified atom stereocenters. The SMILES string of the molecule is COCCOc1ccc(S(=O)(=O)NC2CCN(CC3CCCCC3)CC2)cc1. The topological polar surface area (TPSA) is 67.9 Å². The molecule has 3 rings (SSSR count). The summed E-state index contributed by atoms with van der Waals surface area (Å²) in [6, 6.07) is 6.60. The van der Waals surface area contributed by atoms with E-state index >= 15 is 0 Å². The summed E-state index contributed by atoms with van der Waals surface area (Å²) in [7, 11) is -1.88. The molecule has 0 spiro atoms. The lowest BCUT2D eigenvalue weighted by Gasteiger charge is -2.35. The molecule has 2 aliphatic rings. The molecule has 158 valence electrons. The molecule has 1 aliphatic carbocycles. The number of piperidine rings is 1. The van der Waals surface area contributed by atoms with E-state index in [-0.39, 0.29) is 10.9 Å². The Morgan fingerprint density at radius 3 is 2.32 bits per heavy atom. The third-order valence-electron chi connectivity index (χ3n) is 5.84. The maximum Gasteiger partial charge on any atom is 0.240 e. The highest BCUT2D eigenvalue weighted by molar-refractivity contribution is 7.89. The number of rotatable bonds is 9. The summed E-state index contributed by atoms with van der Waals surface area (Å²) in [6.07, 6.45) is 8.61. The van der Waals surface area contributed by atoms with E-state index < -0.39 is 10.0 Å². The number of ether oxygens (including phenoxy) is 2. The Labute approximate surface area is 169 Å². The van der Waals surface area contributed by atoms with Gasteiger partial charge in [0.2, 0.25) is 10.0 Å². The quantitative estimate of drug-likeness (QED) is 0.634. The fourth-order valence-corrected chi connectivity index (χ4v) is 5.52. The van der Waals surface area contributed by atoms with Gasteiger partial charge in [-0.1, -0.05) is 19.3 Å². The van der Waals surface area contributed by atoms with Crippen LogP contribution in [-0.2, 0) is 14.8 Å². The van der Waals surface area contributed by atoms with Crippen molar-refractivity contribution < 1.29 is 17.9 Å². The van der Waals surface area contributed by atoms with Crippen LogP contribution in [0, 0.1) is 5.92 Å². The number of benzene rings is 1. The van der Waals surface area contributed by atoms with Gasteiger partial charge in [-0.25, -0.2) is 13.1 Å². The highest BCUT2D eigenvalue weighted by Gasteiger charge is 2.26. The van der Waals surface area contributed by atoms with Crippen LogP contribution in [-0.4, -0.2) is 59.3 Å². The van der Waals surface area contributed by atoms with Crippen LogP contribution >= 0.6 is 0 Å². The molecule has 7 heteroatoms. The summed E-state index contributed by atoms with van der Waals surface area (Å²) < 4.78 is 38.7. The number of sulfonamides is 1. The lowest BCUT2D eigenvalue weighted by atomic mass is 9.88. The fourth-order valence-electron chi connectivity index (χ4n) is 4.21. The highest BCUT2D eigenvalue weighted by Crippen LogP contribution is 2.26. The minimum absolute atomic E-state index is 0.0187. The molecule has 1 aromatic carbocycles. The molecule has 2 fully saturated rings. The smallest absolute Gasteiger partial charge is 0.240 e. The van der Waals surface area contributed by atoms with Crippen molar-refractivity contribution in [2.75, 3.05) is 40.0 Å². The van der Waals surface area contributed by atoms with Crippen molar-refractivity contribution in [1.29, 1.82) is 0 Å². The van der Waals surface area contributed by atoms with Gasteiger partial charge in [-0.05, 0) is 69.0 Å². The second-order valence-electron chi connectivity index (χ2n) is 8.01. The summed E-state index contributed by atoms with van der Waals surface area (Å²) in [6.45, 7) is 4.09. The van der Waals surface area contributed by atoms with Crippen LogP contribution in [0.5, 0.6) is 5.75 Å². The van der Waals surface area contributed by atoms with Gasteiger partial charge in [0.1, 0.15) is 12.4 Å². The molecule has 0 radical (unpaired) electrons. The van der Waals surface area contributed by atoms with Gasteiger partial charge in [0.15, 0.2) is 0 Å². The van der Waals surface area contributed by atoms with Crippen LogP contribution in [0.15, 0.2) is 29.2 Å². The largest absolute Gasteiger partial charge is 0.491 e. The Hall–Kier alpha value is -1.15. The van der Waals surface area contributed by atoms with E-state index in [1.54, 1.807) is 31.4 Å². The lowest BCUT2D eigenvalue weighted by Crippen LogP contribution is -2.45. The number of nitrogens with one attached hydrogen (secondary N) is 1. The van der Waals surface area contributed by atoms with E-state index in [1.807, 2.05) is 0 Å². The van der Waals surface area contributed by atoms with E-state index in [4.69, 9.17) is 9.47 Å². The minimum Gasteiger partial charge on any atom is -0.491 e. The first kappa shape index (κ1) is 21.6. The zero-order chi connectivity index (χ0) is 19.8. The van der Waals surface area contributed by atoms with Crippen LogP contribution in [0.1, 0.15) is 44.9 Å². The molecule has 28 heavy (non-hydrogen) atoms. The van der Waals surface area contributed by atoms with Crippen molar-refractivity contribution in [2.45, 2.75) is 55.9 Å². The van der Waals surface area contributed by atoms with E-state index in [0.717, 1.165) is 31.8 Å². The monoisotopic (exact) mass is 410 g/mol. The zero-order valence-electron chi connectivity index (χ0n) is 16.9. The maximum atomic E-state index is 12.7. The normalized spacial score (nSPS) is 20.3. The van der Waals surface area contributed by atoms with Crippen LogP contribution < -0.4 is 9.46 Å². The molecule has 0 bridgehead atoms. The minimum atomic E-state index is -3.50. The molecular formula is C21H34N2O4S. The van der Waals surface area contributed by atoms with Crippen LogP contribution in [0.2, 0.25) is 0 Å². The third kappa shape index (κ3) is 6.44. The molecule has 1 aromatic rings. The second kappa shape index (κ2) is 10.6. The van der Waals surface area contributed by atoms with Crippen LogP contribution in [0.3, 0.4) is 0 Å². The van der Waals surface area contributed by atoms with E-state index in [0.29, 0.717) is 19.0 Å². The molecule has 6 nitrogen and oxygen atoms in total. The average Bonchev–Trinajstić information content (AvgIpc) is 2.71. The van der Waals surface area contributed by atoms with Gasteiger partial charge in [0.25, 0.3) is 0 Å². The number of methoxy groups -OCH3 is 1. The predicted molar refractivity (Wildman–Crippen MR) is 110 cm³/mol. The van der Waals surface area contributed by atoms with Gasteiger partial charge in [-0.3, -0.25) is 0 Å². The zero-order valence-corrected chi connectivity index (χ0v) is 17.8. The standard InChI is InChI=1S/C21H34N2O4S/c1-26-15-16-27-20-7-9-21(10-8-20)28(24,25)22-19-11-13-23(14-12-19)17-18-5-3-2-4-6-18/h7-10,18-19,22H,2-6,11-17H2,1H3. The van der Waals surface area contributed by atoms with Crippen molar-refractivity contribution in [3.05, 3.63) is 24.3 Å². The summed E-state index contributed by atoms with van der Waals surface area (Å²) in [5.41, 5.74) is 0. The average molecular weight is 411 g/mol.